The molecule has 0 aliphatic rings. The minimum Gasteiger partial charge on any atom is -0.481 e. The smallest absolute Gasteiger partial charge is 0.326 e. The normalized spacial score (nSPS) is 13.5. The lowest BCUT2D eigenvalue weighted by Gasteiger charge is -2.32. The molecular weight excluding hydrogens is 987 g/mol. The summed E-state index contributed by atoms with van der Waals surface area (Å²) in [6.07, 6.45) is 0.499. The van der Waals surface area contributed by atoms with E-state index in [9.17, 15) is 63.0 Å². The second-order valence-corrected chi connectivity index (χ2v) is 19.0. The molecule has 15 N–H and O–H groups in total. The van der Waals surface area contributed by atoms with E-state index in [0.29, 0.717) is 25.0 Å². The topological polar surface area (TPSA) is 411 Å². The Hall–Kier alpha value is -6.61. The maximum Gasteiger partial charge on any atom is 0.326 e. The zero-order chi connectivity index (χ0) is 55.2. The number of carboxylic acids is 5. The maximum atomic E-state index is 12.7. The Labute approximate surface area is 428 Å². The van der Waals surface area contributed by atoms with Gasteiger partial charge in [-0.2, -0.15) is 12.6 Å². The highest BCUT2D eigenvalue weighted by Gasteiger charge is 2.30. The molecule has 0 aliphatic heterocycles. The second-order valence-electron chi connectivity index (χ2n) is 18.1. The summed E-state index contributed by atoms with van der Waals surface area (Å²) in [5, 5.41) is 64.9. The predicted octanol–water partition coefficient (Wildman–Crippen LogP) is -0.745. The van der Waals surface area contributed by atoms with Crippen molar-refractivity contribution in [2.24, 2.45) is 11.1 Å². The Kier molecular flexibility index (Phi) is 30.8. The van der Waals surface area contributed by atoms with Gasteiger partial charge >= 0.3 is 29.8 Å². The Morgan fingerprint density at radius 1 is 0.681 bits per heavy atom. The van der Waals surface area contributed by atoms with Gasteiger partial charge in [0.25, 0.3) is 0 Å². The summed E-state index contributed by atoms with van der Waals surface area (Å²) in [5.41, 5.74) is 5.84. The van der Waals surface area contributed by atoms with Crippen molar-refractivity contribution >= 4 is 95.8 Å². The average molecular weight is 1060 g/mol. The fourth-order valence-electron chi connectivity index (χ4n) is 6.44. The van der Waals surface area contributed by atoms with Crippen molar-refractivity contribution in [3.8, 4) is 0 Å². The van der Waals surface area contributed by atoms with Crippen LogP contribution in [0.3, 0.4) is 0 Å². The summed E-state index contributed by atoms with van der Waals surface area (Å²) in [4.78, 5) is 127. The molecule has 404 valence electrons. The largest absolute Gasteiger partial charge is 0.481 e. The van der Waals surface area contributed by atoms with Crippen LogP contribution in [0.25, 0.3) is 0 Å². The zero-order valence-electron chi connectivity index (χ0n) is 41.0. The molecule has 0 fully saturated rings. The van der Waals surface area contributed by atoms with Crippen LogP contribution in [0.15, 0.2) is 30.3 Å². The van der Waals surface area contributed by atoms with Crippen LogP contribution >= 0.6 is 24.8 Å². The number of benzene rings is 1. The summed E-state index contributed by atoms with van der Waals surface area (Å²) in [7, 11) is 0. The van der Waals surface area contributed by atoms with Gasteiger partial charge in [0.15, 0.2) is 5.11 Å². The Bertz CT molecular complexity index is 2010. The van der Waals surface area contributed by atoms with E-state index in [-0.39, 0.29) is 80.0 Å². The zero-order valence-corrected chi connectivity index (χ0v) is 42.7. The molecule has 1 aromatic carbocycles. The molecule has 1 rings (SSSR count). The number of rotatable bonds is 34. The van der Waals surface area contributed by atoms with E-state index >= 15 is 0 Å². The van der Waals surface area contributed by atoms with Gasteiger partial charge in [0.2, 0.25) is 35.9 Å². The van der Waals surface area contributed by atoms with E-state index in [4.69, 9.17) is 33.3 Å². The maximum absolute atomic E-state index is 12.7. The number of carboxylic acid groups (broad SMARTS) is 5. The lowest BCUT2D eigenvalue weighted by atomic mass is 9.80. The lowest BCUT2D eigenvalue weighted by Crippen LogP contribution is -2.55. The fourth-order valence-corrected chi connectivity index (χ4v) is 6.84. The number of hydrogen-bond acceptors (Lipinski definition) is 14. The first kappa shape index (κ1) is 65.4. The van der Waals surface area contributed by atoms with Crippen LogP contribution in [0.2, 0.25) is 0 Å². The van der Waals surface area contributed by atoms with Crippen LogP contribution in [0, 0.1) is 5.41 Å². The highest BCUT2D eigenvalue weighted by molar-refractivity contribution is 7.80. The van der Waals surface area contributed by atoms with Crippen molar-refractivity contribution in [1.82, 2.24) is 42.5 Å². The standard InChI is InChI=1S/C30H46N4O8S.C15H25N5O8S/c1-19(17-20-9-7-6-8-10-20)31-24(36)18-29(2,3)15-16-30(4,5)34-23(35)13-11-21(26(39)40)32-28(43)33-22(27(41)42)12-14-25(37)38;16-8(6-18-11(22)2-1-9(15(27)28)19-7-21)13(25)20-10(5-12(23)24)14(26)17-3-4-29/h6-10,19,21-22H,11-18H2,1-5H3,(H,31,36)(H,34,35)(H,37,38)(H,39,40)(H,41,42)(H2,32,33,43);7-10,29H,1-6,16H2,(H,17,26)(H,18,22)(H,19,21)(H,20,25)(H,23,24)(H,27,28). The third-order valence-corrected chi connectivity index (χ3v) is 10.8. The molecule has 72 heavy (non-hydrogen) atoms. The van der Waals surface area contributed by atoms with Crippen LogP contribution in [0.4, 0.5) is 0 Å². The minimum absolute atomic E-state index is 0.00813. The number of nitrogens with two attached hydrogens (primary N) is 1. The minimum atomic E-state index is -1.35. The summed E-state index contributed by atoms with van der Waals surface area (Å²) >= 11 is 8.92. The Morgan fingerprint density at radius 2 is 1.22 bits per heavy atom. The third kappa shape index (κ3) is 30.9. The van der Waals surface area contributed by atoms with Crippen LogP contribution < -0.4 is 48.3 Å². The first-order chi connectivity index (χ1) is 33.5. The SMILES string of the molecule is CC(Cc1ccccc1)NC(=O)CC(C)(C)CCC(C)(C)NC(=O)CCC(NC(=S)NC(CCC(=O)O)C(=O)O)C(=O)O.NC(CNC(=O)CCC(NC=O)C(=O)O)C(=O)NC(CC(=O)O)C(=O)NCCS. The van der Waals surface area contributed by atoms with Crippen molar-refractivity contribution in [3.05, 3.63) is 35.9 Å². The molecule has 27 heteroatoms. The van der Waals surface area contributed by atoms with Gasteiger partial charge in [-0.3, -0.25) is 38.4 Å². The quantitative estimate of drug-likeness (QED) is 0.0229. The molecule has 6 atom stereocenters. The van der Waals surface area contributed by atoms with Crippen LogP contribution in [0.1, 0.15) is 104 Å². The number of nitrogens with one attached hydrogen (secondary N) is 8. The Morgan fingerprint density at radius 3 is 1.74 bits per heavy atom. The van der Waals surface area contributed by atoms with Crippen molar-refractivity contribution < 1.29 is 78.3 Å². The average Bonchev–Trinajstić information content (AvgIpc) is 3.27. The van der Waals surface area contributed by atoms with E-state index in [1.165, 1.54) is 0 Å². The number of thiol groups is 1. The summed E-state index contributed by atoms with van der Waals surface area (Å²) in [6, 6.07) is 3.47. The highest BCUT2D eigenvalue weighted by Crippen LogP contribution is 2.30. The van der Waals surface area contributed by atoms with Gasteiger partial charge in [-0.05, 0) is 82.5 Å². The van der Waals surface area contributed by atoms with Crippen LogP contribution in [-0.2, 0) is 59.2 Å². The molecule has 0 heterocycles. The number of carbonyl (C=O) groups excluding carboxylic acids is 6. The van der Waals surface area contributed by atoms with Crippen molar-refractivity contribution in [1.29, 1.82) is 0 Å². The van der Waals surface area contributed by atoms with Gasteiger partial charge in [0.1, 0.15) is 30.2 Å². The molecule has 0 aliphatic carbocycles. The molecule has 0 saturated heterocycles. The van der Waals surface area contributed by atoms with Crippen molar-refractivity contribution in [3.63, 3.8) is 0 Å². The molecule has 1 aromatic rings. The van der Waals surface area contributed by atoms with Crippen molar-refractivity contribution in [2.75, 3.05) is 18.8 Å². The van der Waals surface area contributed by atoms with Gasteiger partial charge in [-0.15, -0.1) is 0 Å². The van der Waals surface area contributed by atoms with Crippen molar-refractivity contribution in [2.45, 2.75) is 147 Å². The molecule has 0 aromatic heterocycles. The first-order valence-electron chi connectivity index (χ1n) is 22.8. The van der Waals surface area contributed by atoms with E-state index < -0.39 is 96.2 Å². The molecule has 0 radical (unpaired) electrons. The van der Waals surface area contributed by atoms with E-state index in [1.807, 2.05) is 70.3 Å². The highest BCUT2D eigenvalue weighted by atomic mass is 32.1. The molecule has 0 bridgehead atoms. The summed E-state index contributed by atoms with van der Waals surface area (Å²) in [6.45, 7) is 9.54. The van der Waals surface area contributed by atoms with E-state index in [1.54, 1.807) is 0 Å². The fraction of sp³-hybridized carbons (Fsp3) is 0.600. The number of carbonyl (C=O) groups is 11. The van der Waals surface area contributed by atoms with E-state index in [0.717, 1.165) is 12.0 Å². The number of amides is 6. The van der Waals surface area contributed by atoms with Gasteiger partial charge in [0, 0.05) is 56.1 Å². The van der Waals surface area contributed by atoms with E-state index in [2.05, 4.69) is 49.8 Å². The molecule has 25 nitrogen and oxygen atoms in total. The predicted molar refractivity (Wildman–Crippen MR) is 267 cm³/mol. The molecule has 0 spiro atoms. The monoisotopic (exact) mass is 1060 g/mol. The van der Waals surface area contributed by atoms with Gasteiger partial charge in [0.05, 0.1) is 6.42 Å². The van der Waals surface area contributed by atoms with Gasteiger partial charge in [-0.25, -0.2) is 14.4 Å². The first-order valence-corrected chi connectivity index (χ1v) is 23.8. The van der Waals surface area contributed by atoms with Crippen LogP contribution in [-0.4, -0.2) is 157 Å². The van der Waals surface area contributed by atoms with Crippen LogP contribution in [0.5, 0.6) is 0 Å². The van der Waals surface area contributed by atoms with Gasteiger partial charge < -0.3 is 73.8 Å². The molecule has 6 unspecified atom stereocenters. The molecule has 0 saturated carbocycles. The number of thiocarbonyl (C=S) groups is 1. The summed E-state index contributed by atoms with van der Waals surface area (Å²) < 4.78 is 0. The molecular formula is C45H71N9O16S2. The Balaban J connectivity index is 0.00000152. The molecule has 6 amide bonds. The number of aliphatic carboxylic acids is 5. The third-order valence-electron chi connectivity index (χ3n) is 10.4. The lowest BCUT2D eigenvalue weighted by molar-refractivity contribution is -0.142. The number of hydrogen-bond donors (Lipinski definition) is 15. The summed E-state index contributed by atoms with van der Waals surface area (Å²) in [5.74, 6) is -8.68. The van der Waals surface area contributed by atoms with Gasteiger partial charge in [-0.1, -0.05) is 44.2 Å². The second kappa shape index (κ2) is 33.9.